The fourth-order valence-electron chi connectivity index (χ4n) is 5.28. The zero-order chi connectivity index (χ0) is 23.9. The SMILES string of the molecule is Cc1nn(-c2ccccn2)c2nc(C3CC3)cc(C(=O)N3CCCC(C(=O)N4CCOCC4)C3)c12. The molecule has 9 nitrogen and oxygen atoms in total. The Labute approximate surface area is 204 Å². The Bertz CT molecular complexity index is 1260. The molecule has 2 saturated heterocycles. The third-order valence-corrected chi connectivity index (χ3v) is 7.31. The Morgan fingerprint density at radius 1 is 1.06 bits per heavy atom. The number of piperidine rings is 1. The number of hydrogen-bond acceptors (Lipinski definition) is 6. The number of likely N-dealkylation sites (tertiary alicyclic amines) is 1. The lowest BCUT2D eigenvalue weighted by molar-refractivity contribution is -0.141. The highest BCUT2D eigenvalue weighted by Crippen LogP contribution is 2.41. The molecule has 1 aliphatic carbocycles. The average molecular weight is 475 g/mol. The van der Waals surface area contributed by atoms with Gasteiger partial charge in [0.1, 0.15) is 0 Å². The molecule has 3 fully saturated rings. The first-order valence-electron chi connectivity index (χ1n) is 12.6. The first-order chi connectivity index (χ1) is 17.1. The van der Waals surface area contributed by atoms with Gasteiger partial charge in [0, 0.05) is 44.0 Å². The molecule has 3 aromatic heterocycles. The van der Waals surface area contributed by atoms with Gasteiger partial charge in [-0.05, 0) is 50.8 Å². The van der Waals surface area contributed by atoms with E-state index in [1.807, 2.05) is 41.0 Å². The Kier molecular flexibility index (Phi) is 5.72. The van der Waals surface area contributed by atoms with Crippen molar-refractivity contribution < 1.29 is 14.3 Å². The molecule has 0 bridgehead atoms. The summed E-state index contributed by atoms with van der Waals surface area (Å²) in [5.41, 5.74) is 3.00. The van der Waals surface area contributed by atoms with Crippen LogP contribution in [0.5, 0.6) is 0 Å². The average Bonchev–Trinajstić information content (AvgIpc) is 3.72. The summed E-state index contributed by atoms with van der Waals surface area (Å²) < 4.78 is 7.14. The van der Waals surface area contributed by atoms with Crippen molar-refractivity contribution in [2.24, 2.45) is 5.92 Å². The van der Waals surface area contributed by atoms with Crippen LogP contribution in [0.3, 0.4) is 0 Å². The minimum absolute atomic E-state index is 0.0394. The Morgan fingerprint density at radius 2 is 1.89 bits per heavy atom. The molecule has 1 atom stereocenters. The molecule has 35 heavy (non-hydrogen) atoms. The van der Waals surface area contributed by atoms with Crippen LogP contribution in [0.25, 0.3) is 16.9 Å². The number of hydrogen-bond donors (Lipinski definition) is 0. The molecule has 2 amide bonds. The number of morpholine rings is 1. The Balaban J connectivity index is 1.35. The van der Waals surface area contributed by atoms with Crippen molar-refractivity contribution in [3.05, 3.63) is 47.4 Å². The lowest BCUT2D eigenvalue weighted by Crippen LogP contribution is -2.49. The quantitative estimate of drug-likeness (QED) is 0.577. The molecule has 6 rings (SSSR count). The van der Waals surface area contributed by atoms with Gasteiger partial charge < -0.3 is 14.5 Å². The molecule has 0 aromatic carbocycles. The molecule has 182 valence electrons. The number of carbonyl (C=O) groups is 2. The van der Waals surface area contributed by atoms with Crippen LogP contribution in [0.4, 0.5) is 0 Å². The van der Waals surface area contributed by atoms with Crippen molar-refractivity contribution in [2.75, 3.05) is 39.4 Å². The van der Waals surface area contributed by atoms with E-state index in [0.717, 1.165) is 42.5 Å². The van der Waals surface area contributed by atoms with E-state index in [-0.39, 0.29) is 17.7 Å². The molecule has 5 heterocycles. The second kappa shape index (κ2) is 9.03. The highest BCUT2D eigenvalue weighted by atomic mass is 16.5. The van der Waals surface area contributed by atoms with Crippen molar-refractivity contribution >= 4 is 22.8 Å². The van der Waals surface area contributed by atoms with Crippen LogP contribution in [0.2, 0.25) is 0 Å². The third kappa shape index (κ3) is 4.18. The topological polar surface area (TPSA) is 93.5 Å². The smallest absolute Gasteiger partial charge is 0.254 e. The lowest BCUT2D eigenvalue weighted by atomic mass is 9.95. The third-order valence-electron chi connectivity index (χ3n) is 7.31. The van der Waals surface area contributed by atoms with Gasteiger partial charge in [-0.2, -0.15) is 9.78 Å². The fourth-order valence-corrected chi connectivity index (χ4v) is 5.28. The van der Waals surface area contributed by atoms with E-state index in [9.17, 15) is 9.59 Å². The Hall–Kier alpha value is -3.33. The number of nitrogens with zero attached hydrogens (tertiary/aromatic N) is 6. The van der Waals surface area contributed by atoms with E-state index in [4.69, 9.17) is 14.8 Å². The summed E-state index contributed by atoms with van der Waals surface area (Å²) in [6.45, 7) is 5.44. The number of aromatic nitrogens is 4. The van der Waals surface area contributed by atoms with Gasteiger partial charge in [-0.3, -0.25) is 9.59 Å². The summed E-state index contributed by atoms with van der Waals surface area (Å²) in [5.74, 6) is 1.00. The second-order valence-corrected chi connectivity index (χ2v) is 9.78. The van der Waals surface area contributed by atoms with E-state index in [1.54, 1.807) is 10.9 Å². The van der Waals surface area contributed by atoms with Crippen molar-refractivity contribution in [2.45, 2.75) is 38.5 Å². The van der Waals surface area contributed by atoms with Gasteiger partial charge in [-0.25, -0.2) is 9.97 Å². The van der Waals surface area contributed by atoms with Gasteiger partial charge in [0.2, 0.25) is 5.91 Å². The van der Waals surface area contributed by atoms with Gasteiger partial charge in [-0.1, -0.05) is 6.07 Å². The highest BCUT2D eigenvalue weighted by molar-refractivity contribution is 6.07. The first kappa shape index (κ1) is 22.2. The first-order valence-corrected chi connectivity index (χ1v) is 12.6. The number of pyridine rings is 2. The number of fused-ring (bicyclic) bond motifs is 1. The van der Waals surface area contributed by atoms with Crippen LogP contribution in [-0.2, 0) is 9.53 Å². The van der Waals surface area contributed by atoms with Gasteiger partial charge in [0.15, 0.2) is 11.5 Å². The zero-order valence-electron chi connectivity index (χ0n) is 20.0. The molecule has 2 aliphatic heterocycles. The number of carbonyl (C=O) groups excluding carboxylic acids is 2. The number of aryl methyl sites for hydroxylation is 1. The maximum Gasteiger partial charge on any atom is 0.254 e. The normalized spacial score (nSPS) is 20.9. The summed E-state index contributed by atoms with van der Waals surface area (Å²) in [6, 6.07) is 7.64. The monoisotopic (exact) mass is 474 g/mol. The van der Waals surface area contributed by atoms with E-state index >= 15 is 0 Å². The predicted octanol–water partition coefficient (Wildman–Crippen LogP) is 2.71. The standard InChI is InChI=1S/C26H30N6O3/c1-17-23-20(26(34)31-10-4-5-19(16-31)25(33)30-11-13-35-14-12-30)15-21(18-7-8-18)28-24(23)32(29-17)22-6-2-3-9-27-22/h2-3,6,9,15,18-19H,4-5,7-8,10-14,16H2,1H3. The summed E-state index contributed by atoms with van der Waals surface area (Å²) in [4.78, 5) is 40.2. The highest BCUT2D eigenvalue weighted by Gasteiger charge is 2.34. The molecule has 0 N–H and O–H groups in total. The minimum atomic E-state index is -0.164. The molecular formula is C26H30N6O3. The second-order valence-electron chi connectivity index (χ2n) is 9.78. The van der Waals surface area contributed by atoms with Crippen molar-refractivity contribution in [1.29, 1.82) is 0 Å². The molecule has 1 unspecified atom stereocenters. The van der Waals surface area contributed by atoms with E-state index in [2.05, 4.69) is 4.98 Å². The largest absolute Gasteiger partial charge is 0.378 e. The molecule has 9 heteroatoms. The molecule has 3 aliphatic rings. The van der Waals surface area contributed by atoms with Crippen LogP contribution >= 0.6 is 0 Å². The van der Waals surface area contributed by atoms with E-state index in [1.165, 1.54) is 0 Å². The Morgan fingerprint density at radius 3 is 2.63 bits per heavy atom. The molecule has 0 radical (unpaired) electrons. The molecule has 3 aromatic rings. The van der Waals surface area contributed by atoms with Gasteiger partial charge in [-0.15, -0.1) is 0 Å². The summed E-state index contributed by atoms with van der Waals surface area (Å²) in [7, 11) is 0. The maximum absolute atomic E-state index is 14.0. The molecule has 0 spiro atoms. The fraction of sp³-hybridized carbons (Fsp3) is 0.500. The van der Waals surface area contributed by atoms with Gasteiger partial charge in [0.25, 0.3) is 5.91 Å². The number of rotatable bonds is 4. The minimum Gasteiger partial charge on any atom is -0.378 e. The van der Waals surface area contributed by atoms with Crippen LogP contribution in [0.1, 0.15) is 53.3 Å². The van der Waals surface area contributed by atoms with Crippen LogP contribution < -0.4 is 0 Å². The van der Waals surface area contributed by atoms with E-state index in [0.29, 0.717) is 62.3 Å². The van der Waals surface area contributed by atoms with Crippen molar-refractivity contribution in [1.82, 2.24) is 29.5 Å². The molecule has 1 saturated carbocycles. The maximum atomic E-state index is 14.0. The number of amides is 2. The van der Waals surface area contributed by atoms with Gasteiger partial charge in [0.05, 0.1) is 35.8 Å². The van der Waals surface area contributed by atoms with Crippen LogP contribution in [0.15, 0.2) is 30.5 Å². The summed E-state index contributed by atoms with van der Waals surface area (Å²) in [5, 5.41) is 5.49. The van der Waals surface area contributed by atoms with Crippen LogP contribution in [-0.4, -0.2) is 80.8 Å². The lowest BCUT2D eigenvalue weighted by Gasteiger charge is -2.36. The van der Waals surface area contributed by atoms with Crippen molar-refractivity contribution in [3.63, 3.8) is 0 Å². The predicted molar refractivity (Wildman–Crippen MR) is 129 cm³/mol. The zero-order valence-corrected chi connectivity index (χ0v) is 20.0. The molecular weight excluding hydrogens is 444 g/mol. The van der Waals surface area contributed by atoms with E-state index < -0.39 is 0 Å². The van der Waals surface area contributed by atoms with Crippen molar-refractivity contribution in [3.8, 4) is 5.82 Å². The van der Waals surface area contributed by atoms with Crippen LogP contribution in [0, 0.1) is 12.8 Å². The van der Waals surface area contributed by atoms with Gasteiger partial charge >= 0.3 is 0 Å². The summed E-state index contributed by atoms with van der Waals surface area (Å²) in [6.07, 6.45) is 5.54. The summed E-state index contributed by atoms with van der Waals surface area (Å²) >= 11 is 0. The number of ether oxygens (including phenoxy) is 1.